The van der Waals surface area contributed by atoms with Crippen LogP contribution in [0.3, 0.4) is 0 Å². The van der Waals surface area contributed by atoms with E-state index in [1.54, 1.807) is 0 Å². The number of nitrogens with one attached hydrogen (secondary N) is 2. The first kappa shape index (κ1) is 14.5. The second-order valence-electron chi connectivity index (χ2n) is 4.89. The van der Waals surface area contributed by atoms with Gasteiger partial charge in [0.15, 0.2) is 0 Å². The van der Waals surface area contributed by atoms with Crippen molar-refractivity contribution < 1.29 is 9.53 Å². The standard InChI is InChI=1S/C13H26N2O2/c1-3-4-5-6-11(2)15-13(16)9-12-10-17-8-7-14-12/h11-12,14H,3-10H2,1-2H3,(H,15,16). The summed E-state index contributed by atoms with van der Waals surface area (Å²) in [5.74, 6) is 0.136. The lowest BCUT2D eigenvalue weighted by atomic mass is 10.1. The third-order valence-corrected chi connectivity index (χ3v) is 3.08. The molecule has 2 unspecified atom stereocenters. The van der Waals surface area contributed by atoms with Gasteiger partial charge in [0.2, 0.25) is 5.91 Å². The molecule has 0 aromatic carbocycles. The van der Waals surface area contributed by atoms with Crippen LogP contribution in [0.15, 0.2) is 0 Å². The Kier molecular flexibility index (Phi) is 7.21. The molecular formula is C13H26N2O2. The molecule has 0 saturated carbocycles. The Morgan fingerprint density at radius 3 is 3.00 bits per heavy atom. The van der Waals surface area contributed by atoms with E-state index >= 15 is 0 Å². The van der Waals surface area contributed by atoms with Crippen molar-refractivity contribution in [3.05, 3.63) is 0 Å². The van der Waals surface area contributed by atoms with Crippen LogP contribution in [0.2, 0.25) is 0 Å². The van der Waals surface area contributed by atoms with Gasteiger partial charge in [-0.2, -0.15) is 0 Å². The average molecular weight is 242 g/mol. The van der Waals surface area contributed by atoms with E-state index in [1.165, 1.54) is 19.3 Å². The van der Waals surface area contributed by atoms with E-state index in [9.17, 15) is 4.79 Å². The summed E-state index contributed by atoms with van der Waals surface area (Å²) in [4.78, 5) is 11.7. The van der Waals surface area contributed by atoms with E-state index < -0.39 is 0 Å². The van der Waals surface area contributed by atoms with Crippen LogP contribution in [0.5, 0.6) is 0 Å². The molecule has 0 radical (unpaired) electrons. The van der Waals surface area contributed by atoms with Crippen LogP contribution in [0.4, 0.5) is 0 Å². The highest BCUT2D eigenvalue weighted by Crippen LogP contribution is 2.04. The lowest BCUT2D eigenvalue weighted by molar-refractivity contribution is -0.122. The van der Waals surface area contributed by atoms with Crippen LogP contribution in [-0.2, 0) is 9.53 Å². The van der Waals surface area contributed by atoms with Gasteiger partial charge in [-0.05, 0) is 13.3 Å². The highest BCUT2D eigenvalue weighted by molar-refractivity contribution is 5.76. The molecule has 1 aliphatic rings. The number of morpholine rings is 1. The molecule has 0 bridgehead atoms. The van der Waals surface area contributed by atoms with Gasteiger partial charge < -0.3 is 15.4 Å². The molecule has 2 N–H and O–H groups in total. The number of hydrogen-bond donors (Lipinski definition) is 2. The van der Waals surface area contributed by atoms with E-state index in [2.05, 4.69) is 24.5 Å². The van der Waals surface area contributed by atoms with Crippen LogP contribution in [0.25, 0.3) is 0 Å². The molecule has 0 spiro atoms. The van der Waals surface area contributed by atoms with Crippen molar-refractivity contribution in [2.45, 2.75) is 58.0 Å². The maximum atomic E-state index is 11.7. The molecule has 0 aromatic rings. The zero-order chi connectivity index (χ0) is 12.5. The molecule has 1 amide bonds. The molecule has 4 heteroatoms. The molecule has 0 aliphatic carbocycles. The van der Waals surface area contributed by atoms with Gasteiger partial charge in [0.1, 0.15) is 0 Å². The largest absolute Gasteiger partial charge is 0.378 e. The third kappa shape index (κ3) is 6.64. The fraction of sp³-hybridized carbons (Fsp3) is 0.923. The van der Waals surface area contributed by atoms with Gasteiger partial charge >= 0.3 is 0 Å². The van der Waals surface area contributed by atoms with Gasteiger partial charge in [0.25, 0.3) is 0 Å². The maximum Gasteiger partial charge on any atom is 0.221 e. The summed E-state index contributed by atoms with van der Waals surface area (Å²) >= 11 is 0. The van der Waals surface area contributed by atoms with E-state index in [4.69, 9.17) is 4.74 Å². The summed E-state index contributed by atoms with van der Waals surface area (Å²) in [6, 6.07) is 0.477. The van der Waals surface area contributed by atoms with E-state index in [0.717, 1.165) is 19.6 Å². The SMILES string of the molecule is CCCCCC(C)NC(=O)CC1COCCN1. The first-order chi connectivity index (χ1) is 8.22. The van der Waals surface area contributed by atoms with Crippen molar-refractivity contribution in [1.82, 2.24) is 10.6 Å². The Labute approximate surface area is 104 Å². The summed E-state index contributed by atoms with van der Waals surface area (Å²) in [6.45, 7) is 6.53. The Morgan fingerprint density at radius 1 is 1.53 bits per heavy atom. The van der Waals surface area contributed by atoms with Crippen molar-refractivity contribution in [3.63, 3.8) is 0 Å². The lowest BCUT2D eigenvalue weighted by Gasteiger charge is -2.24. The number of unbranched alkanes of at least 4 members (excludes halogenated alkanes) is 2. The minimum Gasteiger partial charge on any atom is -0.378 e. The summed E-state index contributed by atoms with van der Waals surface area (Å²) in [6.07, 6.45) is 5.28. The molecular weight excluding hydrogens is 216 g/mol. The number of hydrogen-bond acceptors (Lipinski definition) is 3. The third-order valence-electron chi connectivity index (χ3n) is 3.08. The number of carbonyl (C=O) groups is 1. The van der Waals surface area contributed by atoms with Gasteiger partial charge in [-0.25, -0.2) is 0 Å². The fourth-order valence-corrected chi connectivity index (χ4v) is 2.08. The van der Waals surface area contributed by atoms with Crippen molar-refractivity contribution in [1.29, 1.82) is 0 Å². The number of amides is 1. The molecule has 4 nitrogen and oxygen atoms in total. The summed E-state index contributed by atoms with van der Waals surface area (Å²) in [5.41, 5.74) is 0. The molecule has 100 valence electrons. The zero-order valence-corrected chi connectivity index (χ0v) is 11.1. The predicted molar refractivity (Wildman–Crippen MR) is 69.0 cm³/mol. The Balaban J connectivity index is 2.10. The van der Waals surface area contributed by atoms with Crippen molar-refractivity contribution in [3.8, 4) is 0 Å². The van der Waals surface area contributed by atoms with Gasteiger partial charge in [-0.15, -0.1) is 0 Å². The second kappa shape index (κ2) is 8.48. The molecule has 1 fully saturated rings. The van der Waals surface area contributed by atoms with Gasteiger partial charge in [-0.1, -0.05) is 26.2 Å². The van der Waals surface area contributed by atoms with E-state index in [1.807, 2.05) is 0 Å². The van der Waals surface area contributed by atoms with Crippen molar-refractivity contribution in [2.24, 2.45) is 0 Å². The van der Waals surface area contributed by atoms with Crippen LogP contribution in [0.1, 0.15) is 46.0 Å². The van der Waals surface area contributed by atoms with E-state index in [0.29, 0.717) is 19.1 Å². The monoisotopic (exact) mass is 242 g/mol. The highest BCUT2D eigenvalue weighted by Gasteiger charge is 2.17. The average Bonchev–Trinajstić information content (AvgIpc) is 2.30. The smallest absolute Gasteiger partial charge is 0.221 e. The normalized spacial score (nSPS) is 22.1. The van der Waals surface area contributed by atoms with E-state index in [-0.39, 0.29) is 11.9 Å². The number of rotatable bonds is 7. The minimum atomic E-state index is 0.136. The maximum absolute atomic E-state index is 11.7. The van der Waals surface area contributed by atoms with Crippen molar-refractivity contribution in [2.75, 3.05) is 19.8 Å². The number of ether oxygens (including phenoxy) is 1. The first-order valence-electron chi connectivity index (χ1n) is 6.83. The topological polar surface area (TPSA) is 50.4 Å². The van der Waals surface area contributed by atoms with Crippen LogP contribution in [0, 0.1) is 0 Å². The quantitative estimate of drug-likeness (QED) is 0.664. The molecule has 2 atom stereocenters. The molecule has 1 heterocycles. The lowest BCUT2D eigenvalue weighted by Crippen LogP contribution is -2.45. The summed E-state index contributed by atoms with van der Waals surface area (Å²) in [7, 11) is 0. The van der Waals surface area contributed by atoms with Gasteiger partial charge in [-0.3, -0.25) is 4.79 Å². The molecule has 1 rings (SSSR count). The van der Waals surface area contributed by atoms with Crippen molar-refractivity contribution >= 4 is 5.91 Å². The Hall–Kier alpha value is -0.610. The van der Waals surface area contributed by atoms with Crippen LogP contribution < -0.4 is 10.6 Å². The summed E-state index contributed by atoms with van der Waals surface area (Å²) in [5, 5.41) is 6.34. The number of carbonyl (C=O) groups excluding carboxylic acids is 1. The second-order valence-corrected chi connectivity index (χ2v) is 4.89. The molecule has 17 heavy (non-hydrogen) atoms. The van der Waals surface area contributed by atoms with Crippen LogP contribution in [-0.4, -0.2) is 37.7 Å². The van der Waals surface area contributed by atoms with Gasteiger partial charge in [0, 0.05) is 25.0 Å². The first-order valence-corrected chi connectivity index (χ1v) is 6.83. The molecule has 1 aliphatic heterocycles. The predicted octanol–water partition coefficient (Wildman–Crippen LogP) is 1.45. The minimum absolute atomic E-state index is 0.136. The highest BCUT2D eigenvalue weighted by atomic mass is 16.5. The fourth-order valence-electron chi connectivity index (χ4n) is 2.08. The zero-order valence-electron chi connectivity index (χ0n) is 11.1. The molecule has 0 aromatic heterocycles. The Bertz CT molecular complexity index is 215. The summed E-state index contributed by atoms with van der Waals surface area (Å²) < 4.78 is 5.32. The van der Waals surface area contributed by atoms with Gasteiger partial charge in [0.05, 0.1) is 13.2 Å². The Morgan fingerprint density at radius 2 is 2.35 bits per heavy atom. The molecule has 1 saturated heterocycles. The van der Waals surface area contributed by atoms with Crippen LogP contribution >= 0.6 is 0 Å².